The van der Waals surface area contributed by atoms with Crippen LogP contribution in [0.25, 0.3) is 0 Å². The van der Waals surface area contributed by atoms with Crippen LogP contribution >= 0.6 is 0 Å². The number of nitriles is 1. The molecule has 2 rings (SSSR count). The average Bonchev–Trinajstić information content (AvgIpc) is 2.41. The second kappa shape index (κ2) is 5.41. The van der Waals surface area contributed by atoms with E-state index in [0.29, 0.717) is 0 Å². The summed E-state index contributed by atoms with van der Waals surface area (Å²) in [6.07, 6.45) is 1.92. The number of hydrogen-bond donors (Lipinski definition) is 0. The van der Waals surface area contributed by atoms with Gasteiger partial charge in [-0.3, -0.25) is 4.90 Å². The lowest BCUT2D eigenvalue weighted by atomic mass is 9.84. The van der Waals surface area contributed by atoms with Crippen LogP contribution in [0.1, 0.15) is 30.5 Å². The van der Waals surface area contributed by atoms with Crippen LogP contribution in [0.3, 0.4) is 0 Å². The third kappa shape index (κ3) is 2.21. The first-order valence-electron chi connectivity index (χ1n) is 6.48. The quantitative estimate of drug-likeness (QED) is 0.820. The van der Waals surface area contributed by atoms with Gasteiger partial charge in [0.25, 0.3) is 0 Å². The highest BCUT2D eigenvalue weighted by Gasteiger charge is 2.30. The number of methoxy groups -OCH3 is 1. The molecule has 2 unspecified atom stereocenters. The highest BCUT2D eigenvalue weighted by Crippen LogP contribution is 2.36. The van der Waals surface area contributed by atoms with Crippen molar-refractivity contribution in [2.75, 3.05) is 20.7 Å². The first-order chi connectivity index (χ1) is 8.71. The molecule has 2 atom stereocenters. The summed E-state index contributed by atoms with van der Waals surface area (Å²) in [4.78, 5) is 2.30. The zero-order chi connectivity index (χ0) is 13.1. The molecule has 96 valence electrons. The molecule has 0 saturated heterocycles. The Hall–Kier alpha value is -1.53. The van der Waals surface area contributed by atoms with Gasteiger partial charge in [-0.1, -0.05) is 13.0 Å². The number of rotatable bonds is 3. The first-order valence-corrected chi connectivity index (χ1v) is 6.48. The van der Waals surface area contributed by atoms with Crippen molar-refractivity contribution < 1.29 is 4.74 Å². The standard InChI is InChI=1S/C15H20N2O/c1-4-11(10-16)15-14-6-5-13(18-3)9-12(14)7-8-17(15)2/h5-6,9,11,15H,4,7-8H2,1-3H3. The summed E-state index contributed by atoms with van der Waals surface area (Å²) in [5.74, 6) is 0.963. The number of benzene rings is 1. The van der Waals surface area contributed by atoms with Gasteiger partial charge in [0.2, 0.25) is 0 Å². The van der Waals surface area contributed by atoms with Gasteiger partial charge in [-0.05, 0) is 43.1 Å². The molecule has 1 aliphatic rings. The molecule has 3 nitrogen and oxygen atoms in total. The van der Waals surface area contributed by atoms with Gasteiger partial charge in [-0.25, -0.2) is 0 Å². The predicted octanol–water partition coefficient (Wildman–Crippen LogP) is 2.77. The molecule has 0 N–H and O–H groups in total. The summed E-state index contributed by atoms with van der Waals surface area (Å²) in [6, 6.07) is 8.89. The second-order valence-electron chi connectivity index (χ2n) is 4.88. The Morgan fingerprint density at radius 2 is 2.33 bits per heavy atom. The van der Waals surface area contributed by atoms with Crippen LogP contribution in [0, 0.1) is 17.2 Å². The van der Waals surface area contributed by atoms with Crippen LogP contribution in [0.5, 0.6) is 5.75 Å². The van der Waals surface area contributed by atoms with E-state index in [1.807, 2.05) is 6.07 Å². The number of nitrogens with zero attached hydrogens (tertiary/aromatic N) is 2. The maximum atomic E-state index is 9.32. The average molecular weight is 244 g/mol. The summed E-state index contributed by atoms with van der Waals surface area (Å²) in [6.45, 7) is 3.09. The van der Waals surface area contributed by atoms with Crippen LogP contribution in [0.4, 0.5) is 0 Å². The fraction of sp³-hybridized carbons (Fsp3) is 0.533. The highest BCUT2D eigenvalue weighted by atomic mass is 16.5. The molecule has 1 aromatic carbocycles. The van der Waals surface area contributed by atoms with Crippen molar-refractivity contribution in [2.45, 2.75) is 25.8 Å². The largest absolute Gasteiger partial charge is 0.497 e. The number of likely N-dealkylation sites (N-methyl/N-ethyl adjacent to an activating group) is 1. The fourth-order valence-electron chi connectivity index (χ4n) is 2.80. The van der Waals surface area contributed by atoms with Crippen molar-refractivity contribution in [2.24, 2.45) is 5.92 Å². The molecular weight excluding hydrogens is 224 g/mol. The Morgan fingerprint density at radius 1 is 1.56 bits per heavy atom. The van der Waals surface area contributed by atoms with Gasteiger partial charge in [0.1, 0.15) is 5.75 Å². The van der Waals surface area contributed by atoms with E-state index in [4.69, 9.17) is 4.74 Å². The van der Waals surface area contributed by atoms with Crippen LogP contribution in [-0.2, 0) is 6.42 Å². The van der Waals surface area contributed by atoms with E-state index in [1.54, 1.807) is 7.11 Å². The Balaban J connectivity index is 2.41. The maximum Gasteiger partial charge on any atom is 0.119 e. The smallest absolute Gasteiger partial charge is 0.119 e. The van der Waals surface area contributed by atoms with Gasteiger partial charge in [-0.2, -0.15) is 5.26 Å². The molecule has 1 heterocycles. The lowest BCUT2D eigenvalue weighted by Crippen LogP contribution is -2.36. The molecule has 1 aromatic rings. The van der Waals surface area contributed by atoms with E-state index < -0.39 is 0 Å². The van der Waals surface area contributed by atoms with E-state index >= 15 is 0 Å². The lowest BCUT2D eigenvalue weighted by Gasteiger charge is -2.37. The van der Waals surface area contributed by atoms with Crippen molar-refractivity contribution >= 4 is 0 Å². The maximum absolute atomic E-state index is 9.32. The Labute approximate surface area is 109 Å². The van der Waals surface area contributed by atoms with Crippen molar-refractivity contribution in [1.82, 2.24) is 4.90 Å². The molecule has 0 aromatic heterocycles. The minimum absolute atomic E-state index is 0.0578. The number of hydrogen-bond acceptors (Lipinski definition) is 3. The molecule has 0 fully saturated rings. The Bertz CT molecular complexity index is 464. The van der Waals surface area contributed by atoms with E-state index in [9.17, 15) is 5.26 Å². The van der Waals surface area contributed by atoms with Gasteiger partial charge in [0, 0.05) is 6.54 Å². The number of ether oxygens (including phenoxy) is 1. The van der Waals surface area contributed by atoms with Gasteiger partial charge in [-0.15, -0.1) is 0 Å². The SMILES string of the molecule is CCC(C#N)C1c2ccc(OC)cc2CCN1C. The minimum atomic E-state index is 0.0578. The van der Waals surface area contributed by atoms with Crippen LogP contribution in [0.2, 0.25) is 0 Å². The minimum Gasteiger partial charge on any atom is -0.497 e. The topological polar surface area (TPSA) is 36.3 Å². The highest BCUT2D eigenvalue weighted by molar-refractivity contribution is 5.40. The van der Waals surface area contributed by atoms with Crippen LogP contribution in [0.15, 0.2) is 18.2 Å². The van der Waals surface area contributed by atoms with E-state index in [2.05, 4.69) is 37.1 Å². The Kier molecular flexibility index (Phi) is 3.88. The molecular formula is C15H20N2O. The molecule has 0 bridgehead atoms. The summed E-state index contributed by atoms with van der Waals surface area (Å²) >= 11 is 0. The third-order valence-corrected chi connectivity index (χ3v) is 3.86. The summed E-state index contributed by atoms with van der Waals surface area (Å²) in [7, 11) is 3.80. The van der Waals surface area contributed by atoms with Gasteiger partial charge < -0.3 is 4.74 Å². The molecule has 1 aliphatic heterocycles. The normalized spacial score (nSPS) is 20.9. The van der Waals surface area contributed by atoms with Crippen LogP contribution in [-0.4, -0.2) is 25.6 Å². The van der Waals surface area contributed by atoms with Crippen molar-refractivity contribution in [1.29, 1.82) is 5.26 Å². The molecule has 3 heteroatoms. The van der Waals surface area contributed by atoms with Crippen molar-refractivity contribution in [3.05, 3.63) is 29.3 Å². The van der Waals surface area contributed by atoms with Crippen LogP contribution < -0.4 is 4.74 Å². The zero-order valence-electron chi connectivity index (χ0n) is 11.3. The molecule has 0 saturated carbocycles. The predicted molar refractivity (Wildman–Crippen MR) is 71.5 cm³/mol. The molecule has 0 radical (unpaired) electrons. The lowest BCUT2D eigenvalue weighted by molar-refractivity contribution is 0.186. The second-order valence-corrected chi connectivity index (χ2v) is 4.88. The van der Waals surface area contributed by atoms with E-state index in [0.717, 1.165) is 25.1 Å². The molecule has 18 heavy (non-hydrogen) atoms. The first kappa shape index (κ1) is 12.9. The van der Waals surface area contributed by atoms with E-state index in [-0.39, 0.29) is 12.0 Å². The molecule has 0 spiro atoms. The third-order valence-electron chi connectivity index (χ3n) is 3.86. The molecule has 0 aliphatic carbocycles. The van der Waals surface area contributed by atoms with Crippen molar-refractivity contribution in [3.8, 4) is 11.8 Å². The van der Waals surface area contributed by atoms with Gasteiger partial charge in [0.15, 0.2) is 0 Å². The summed E-state index contributed by atoms with van der Waals surface area (Å²) in [5.41, 5.74) is 2.61. The van der Waals surface area contributed by atoms with Gasteiger partial charge in [0.05, 0.1) is 25.1 Å². The van der Waals surface area contributed by atoms with Gasteiger partial charge >= 0.3 is 0 Å². The Morgan fingerprint density at radius 3 is 2.94 bits per heavy atom. The fourth-order valence-corrected chi connectivity index (χ4v) is 2.80. The van der Waals surface area contributed by atoms with Crippen molar-refractivity contribution in [3.63, 3.8) is 0 Å². The summed E-state index contributed by atoms with van der Waals surface area (Å²) in [5, 5.41) is 9.32. The summed E-state index contributed by atoms with van der Waals surface area (Å²) < 4.78 is 5.28. The molecule has 0 amide bonds. The zero-order valence-corrected chi connectivity index (χ0v) is 11.3. The number of fused-ring (bicyclic) bond motifs is 1. The monoisotopic (exact) mass is 244 g/mol. The van der Waals surface area contributed by atoms with E-state index in [1.165, 1.54) is 11.1 Å².